The molecule has 4 nitrogen and oxygen atoms in total. The van der Waals surface area contributed by atoms with Crippen LogP contribution in [0.3, 0.4) is 0 Å². The highest BCUT2D eigenvalue weighted by molar-refractivity contribution is 5.86. The molecule has 21 heavy (non-hydrogen) atoms. The topological polar surface area (TPSA) is 55.2 Å². The van der Waals surface area contributed by atoms with Crippen molar-refractivity contribution in [1.29, 1.82) is 0 Å². The molecule has 0 spiro atoms. The smallest absolute Gasteiger partial charge is 0.269 e. The third-order valence-corrected chi connectivity index (χ3v) is 3.45. The molecule has 0 bridgehead atoms. The van der Waals surface area contributed by atoms with E-state index in [-0.39, 0.29) is 10.6 Å². The number of hydrogen-bond acceptors (Lipinski definition) is 3. The molecule has 0 unspecified atom stereocenters. The van der Waals surface area contributed by atoms with Crippen LogP contribution < -0.4 is 5.32 Å². The van der Waals surface area contributed by atoms with Gasteiger partial charge in [-0.2, -0.15) is 0 Å². The van der Waals surface area contributed by atoms with Gasteiger partial charge in [0.25, 0.3) is 5.69 Å². The number of fused-ring (bicyclic) bond motifs is 1. The van der Waals surface area contributed by atoms with Gasteiger partial charge in [0, 0.05) is 23.5 Å². The fourth-order valence-electron chi connectivity index (χ4n) is 2.32. The van der Waals surface area contributed by atoms with Gasteiger partial charge in [-0.1, -0.05) is 30.3 Å². The van der Waals surface area contributed by atoms with E-state index in [2.05, 4.69) is 29.6 Å². The average Bonchev–Trinajstić information content (AvgIpc) is 2.49. The van der Waals surface area contributed by atoms with E-state index in [1.807, 2.05) is 25.1 Å². The van der Waals surface area contributed by atoms with Gasteiger partial charge in [-0.15, -0.1) is 0 Å². The molecule has 0 heterocycles. The van der Waals surface area contributed by atoms with Crippen LogP contribution in [-0.4, -0.2) is 4.92 Å². The number of nitrogens with zero attached hydrogens (tertiary/aromatic N) is 1. The molecule has 0 aliphatic rings. The van der Waals surface area contributed by atoms with Crippen molar-refractivity contribution in [2.24, 2.45) is 0 Å². The van der Waals surface area contributed by atoms with Crippen molar-refractivity contribution in [2.75, 3.05) is 5.32 Å². The highest BCUT2D eigenvalue weighted by Gasteiger charge is 2.08. The maximum Gasteiger partial charge on any atom is 0.269 e. The van der Waals surface area contributed by atoms with Crippen LogP contribution in [0, 0.1) is 17.0 Å². The van der Waals surface area contributed by atoms with Gasteiger partial charge in [-0.05, 0) is 41.5 Å². The number of nitrogens with one attached hydrogen (secondary N) is 1. The summed E-state index contributed by atoms with van der Waals surface area (Å²) in [6, 6.07) is 19.1. The second-order valence-corrected chi connectivity index (χ2v) is 4.94. The number of anilines is 2. The van der Waals surface area contributed by atoms with E-state index >= 15 is 0 Å². The van der Waals surface area contributed by atoms with Gasteiger partial charge in [-0.25, -0.2) is 0 Å². The molecule has 0 atom stereocenters. The fraction of sp³-hybridized carbons (Fsp3) is 0.0588. The summed E-state index contributed by atoms with van der Waals surface area (Å²) in [6.45, 7) is 1.86. The Morgan fingerprint density at radius 2 is 1.71 bits per heavy atom. The predicted octanol–water partition coefficient (Wildman–Crippen LogP) is 4.80. The molecular weight excluding hydrogens is 264 g/mol. The zero-order valence-electron chi connectivity index (χ0n) is 11.5. The van der Waals surface area contributed by atoms with E-state index < -0.39 is 0 Å². The molecule has 0 aliphatic heterocycles. The summed E-state index contributed by atoms with van der Waals surface area (Å²) < 4.78 is 0. The highest BCUT2D eigenvalue weighted by Crippen LogP contribution is 2.26. The maximum absolute atomic E-state index is 10.8. The lowest BCUT2D eigenvalue weighted by atomic mass is 10.1. The molecule has 0 saturated carbocycles. The third kappa shape index (κ3) is 2.69. The second-order valence-electron chi connectivity index (χ2n) is 4.94. The van der Waals surface area contributed by atoms with Crippen LogP contribution in [0.5, 0.6) is 0 Å². The Morgan fingerprint density at radius 1 is 0.952 bits per heavy atom. The molecule has 0 aromatic heterocycles. The number of rotatable bonds is 3. The molecule has 0 radical (unpaired) electrons. The van der Waals surface area contributed by atoms with E-state index in [0.717, 1.165) is 22.3 Å². The lowest BCUT2D eigenvalue weighted by molar-refractivity contribution is -0.384. The number of nitro benzene ring substituents is 1. The summed E-state index contributed by atoms with van der Waals surface area (Å²) in [5.74, 6) is 0. The van der Waals surface area contributed by atoms with Gasteiger partial charge < -0.3 is 5.32 Å². The van der Waals surface area contributed by atoms with E-state index in [9.17, 15) is 10.1 Å². The maximum atomic E-state index is 10.8. The minimum atomic E-state index is -0.382. The zero-order valence-corrected chi connectivity index (χ0v) is 11.5. The van der Waals surface area contributed by atoms with Gasteiger partial charge in [0.2, 0.25) is 0 Å². The highest BCUT2D eigenvalue weighted by atomic mass is 16.6. The van der Waals surface area contributed by atoms with E-state index in [4.69, 9.17) is 0 Å². The summed E-state index contributed by atoms with van der Waals surface area (Å²) >= 11 is 0. The molecule has 1 N–H and O–H groups in total. The monoisotopic (exact) mass is 278 g/mol. The molecule has 3 rings (SSSR count). The zero-order chi connectivity index (χ0) is 14.8. The van der Waals surface area contributed by atoms with Gasteiger partial charge in [-0.3, -0.25) is 10.1 Å². The Kier molecular flexibility index (Phi) is 3.28. The molecule has 0 fully saturated rings. The average molecular weight is 278 g/mol. The Bertz CT molecular complexity index is 828. The molecule has 0 aliphatic carbocycles. The number of benzene rings is 3. The first kappa shape index (κ1) is 13.1. The molecule has 0 saturated heterocycles. The first-order chi connectivity index (χ1) is 10.1. The molecule has 3 aromatic carbocycles. The Morgan fingerprint density at radius 3 is 2.43 bits per heavy atom. The predicted molar refractivity (Wildman–Crippen MR) is 85.1 cm³/mol. The van der Waals surface area contributed by atoms with E-state index in [1.54, 1.807) is 12.1 Å². The second kappa shape index (κ2) is 5.25. The minimum absolute atomic E-state index is 0.108. The van der Waals surface area contributed by atoms with Crippen molar-refractivity contribution in [3.8, 4) is 0 Å². The van der Waals surface area contributed by atoms with Crippen LogP contribution in [-0.2, 0) is 0 Å². The van der Waals surface area contributed by atoms with Crippen LogP contribution >= 0.6 is 0 Å². The number of nitro groups is 1. The van der Waals surface area contributed by atoms with Gasteiger partial charge in [0.15, 0.2) is 0 Å². The normalized spacial score (nSPS) is 10.5. The minimum Gasteiger partial charge on any atom is -0.355 e. The van der Waals surface area contributed by atoms with Gasteiger partial charge in [0.05, 0.1) is 4.92 Å². The first-order valence-electron chi connectivity index (χ1n) is 6.64. The van der Waals surface area contributed by atoms with Crippen molar-refractivity contribution < 1.29 is 4.92 Å². The van der Waals surface area contributed by atoms with Crippen molar-refractivity contribution in [3.05, 3.63) is 76.3 Å². The number of non-ortho nitro benzene ring substituents is 1. The standard InChI is InChI=1S/C17H14N2O2/c1-12-10-16(19(20)21)8-9-17(12)18-15-7-6-13-4-2-3-5-14(13)11-15/h2-11,18H,1H3. The quantitative estimate of drug-likeness (QED) is 0.553. The van der Waals surface area contributed by atoms with Crippen LogP contribution in [0.15, 0.2) is 60.7 Å². The lowest BCUT2D eigenvalue weighted by Gasteiger charge is -2.10. The van der Waals surface area contributed by atoms with Crippen molar-refractivity contribution in [2.45, 2.75) is 6.92 Å². The van der Waals surface area contributed by atoms with Crippen LogP contribution in [0.1, 0.15) is 5.56 Å². The summed E-state index contributed by atoms with van der Waals surface area (Å²) in [5, 5.41) is 16.4. The number of aryl methyl sites for hydroxylation is 1. The molecule has 4 heteroatoms. The van der Waals surface area contributed by atoms with Crippen LogP contribution in [0.4, 0.5) is 17.1 Å². The largest absolute Gasteiger partial charge is 0.355 e. The molecule has 3 aromatic rings. The van der Waals surface area contributed by atoms with Gasteiger partial charge >= 0.3 is 0 Å². The van der Waals surface area contributed by atoms with Crippen LogP contribution in [0.2, 0.25) is 0 Å². The van der Waals surface area contributed by atoms with Crippen molar-refractivity contribution >= 4 is 27.8 Å². The van der Waals surface area contributed by atoms with E-state index in [0.29, 0.717) is 0 Å². The summed E-state index contributed by atoms with van der Waals surface area (Å²) in [5.41, 5.74) is 2.79. The Balaban J connectivity index is 1.93. The lowest BCUT2D eigenvalue weighted by Crippen LogP contribution is -1.95. The van der Waals surface area contributed by atoms with Crippen molar-refractivity contribution in [3.63, 3.8) is 0 Å². The molecular formula is C17H14N2O2. The third-order valence-electron chi connectivity index (χ3n) is 3.45. The van der Waals surface area contributed by atoms with E-state index in [1.165, 1.54) is 11.5 Å². The Labute approximate surface area is 122 Å². The number of hydrogen-bond donors (Lipinski definition) is 1. The molecule has 104 valence electrons. The van der Waals surface area contributed by atoms with Crippen LogP contribution in [0.25, 0.3) is 10.8 Å². The SMILES string of the molecule is Cc1cc([N+](=O)[O-])ccc1Nc1ccc2ccccc2c1. The first-order valence-corrected chi connectivity index (χ1v) is 6.64. The Hall–Kier alpha value is -2.88. The summed E-state index contributed by atoms with van der Waals surface area (Å²) in [6.07, 6.45) is 0. The van der Waals surface area contributed by atoms with Crippen molar-refractivity contribution in [1.82, 2.24) is 0 Å². The van der Waals surface area contributed by atoms with Gasteiger partial charge in [0.1, 0.15) is 0 Å². The fourth-order valence-corrected chi connectivity index (χ4v) is 2.32. The summed E-state index contributed by atoms with van der Waals surface area (Å²) in [4.78, 5) is 10.4. The molecule has 0 amide bonds. The summed E-state index contributed by atoms with van der Waals surface area (Å²) in [7, 11) is 0.